The number of benzene rings is 3. The number of nitrogens with zero attached hydrogens (tertiary/aromatic N) is 2. The summed E-state index contributed by atoms with van der Waals surface area (Å²) in [5.41, 5.74) is 5.01. The van der Waals surface area contributed by atoms with Gasteiger partial charge in [-0.3, -0.25) is 0 Å². The predicted molar refractivity (Wildman–Crippen MR) is 114 cm³/mol. The third kappa shape index (κ3) is 3.52. The Morgan fingerprint density at radius 3 is 2.55 bits per heavy atom. The summed E-state index contributed by atoms with van der Waals surface area (Å²) in [4.78, 5) is 7.95. The van der Waals surface area contributed by atoms with Crippen LogP contribution in [0.3, 0.4) is 0 Å². The lowest BCUT2D eigenvalue weighted by molar-refractivity contribution is 0.601. The van der Waals surface area contributed by atoms with Crippen LogP contribution in [0.5, 0.6) is 0 Å². The number of nitrogens with one attached hydrogen (secondary N) is 2. The fourth-order valence-corrected chi connectivity index (χ4v) is 3.81. The van der Waals surface area contributed by atoms with Crippen molar-refractivity contribution in [2.45, 2.75) is 19.6 Å². The molecule has 2 heterocycles. The zero-order chi connectivity index (χ0) is 19.6. The Morgan fingerprint density at radius 2 is 1.66 bits per heavy atom. The molecule has 5 heteroatoms. The molecule has 144 valence electrons. The summed E-state index contributed by atoms with van der Waals surface area (Å²) in [5, 5.41) is 4.66. The van der Waals surface area contributed by atoms with E-state index in [0.29, 0.717) is 25.2 Å². The molecule has 0 spiro atoms. The summed E-state index contributed by atoms with van der Waals surface area (Å²) in [5.74, 6) is 0.746. The average Bonchev–Trinajstić information content (AvgIpc) is 3.31. The van der Waals surface area contributed by atoms with Crippen LogP contribution in [0.1, 0.15) is 17.0 Å². The number of para-hydroxylation sites is 3. The van der Waals surface area contributed by atoms with Crippen molar-refractivity contribution in [2.75, 3.05) is 0 Å². The maximum absolute atomic E-state index is 14.1. The third-order valence-electron chi connectivity index (χ3n) is 5.22. The van der Waals surface area contributed by atoms with Gasteiger partial charge in [0.05, 0.1) is 24.1 Å². The summed E-state index contributed by atoms with van der Waals surface area (Å²) < 4.78 is 16.2. The molecule has 0 saturated carbocycles. The summed E-state index contributed by atoms with van der Waals surface area (Å²) in [6.45, 7) is 1.88. The Kier molecular flexibility index (Phi) is 4.58. The molecule has 0 aliphatic heterocycles. The van der Waals surface area contributed by atoms with Gasteiger partial charge in [-0.2, -0.15) is 0 Å². The highest BCUT2D eigenvalue weighted by Gasteiger charge is 2.10. The topological polar surface area (TPSA) is 45.6 Å². The lowest BCUT2D eigenvalue weighted by atomic mass is 10.2. The van der Waals surface area contributed by atoms with Gasteiger partial charge in [-0.1, -0.05) is 48.5 Å². The largest absolute Gasteiger partial charge is 0.343 e. The van der Waals surface area contributed by atoms with Crippen LogP contribution in [0.15, 0.2) is 79.0 Å². The molecule has 0 radical (unpaired) electrons. The maximum atomic E-state index is 14.1. The van der Waals surface area contributed by atoms with Crippen molar-refractivity contribution >= 4 is 21.9 Å². The van der Waals surface area contributed by atoms with Gasteiger partial charge < -0.3 is 14.9 Å². The van der Waals surface area contributed by atoms with Crippen LogP contribution >= 0.6 is 0 Å². The molecular formula is C24H21FN4. The number of imidazole rings is 1. The van der Waals surface area contributed by atoms with Crippen LogP contribution in [-0.2, 0) is 19.6 Å². The Bertz CT molecular complexity index is 1250. The quantitative estimate of drug-likeness (QED) is 0.433. The Hall–Kier alpha value is -3.44. The second kappa shape index (κ2) is 7.53. The lowest BCUT2D eigenvalue weighted by Crippen LogP contribution is -2.13. The Morgan fingerprint density at radius 1 is 0.862 bits per heavy atom. The SMILES string of the molecule is Fc1ccccc1Cn1cc(CNCc2nc3ccccc3[nH]2)c2ccccc21. The molecule has 0 atom stereocenters. The lowest BCUT2D eigenvalue weighted by Gasteiger charge is -2.06. The molecule has 5 aromatic rings. The van der Waals surface area contributed by atoms with Crippen molar-refractivity contribution in [3.05, 3.63) is 102 Å². The molecule has 0 unspecified atom stereocenters. The number of rotatable bonds is 6. The molecule has 0 fully saturated rings. The molecule has 0 amide bonds. The van der Waals surface area contributed by atoms with Crippen molar-refractivity contribution in [3.8, 4) is 0 Å². The summed E-state index contributed by atoms with van der Waals surface area (Å²) >= 11 is 0. The fourth-order valence-electron chi connectivity index (χ4n) is 3.81. The highest BCUT2D eigenvalue weighted by molar-refractivity contribution is 5.84. The Balaban J connectivity index is 1.36. The van der Waals surface area contributed by atoms with Crippen LogP contribution in [0.2, 0.25) is 0 Å². The number of fused-ring (bicyclic) bond motifs is 2. The van der Waals surface area contributed by atoms with E-state index in [0.717, 1.165) is 22.4 Å². The van der Waals surface area contributed by atoms with E-state index in [1.54, 1.807) is 6.07 Å². The number of halogens is 1. The second-order valence-electron chi connectivity index (χ2n) is 7.19. The van der Waals surface area contributed by atoms with Crippen molar-refractivity contribution < 1.29 is 4.39 Å². The van der Waals surface area contributed by atoms with Gasteiger partial charge in [0.1, 0.15) is 11.6 Å². The molecule has 5 rings (SSSR count). The van der Waals surface area contributed by atoms with Crippen LogP contribution in [-0.4, -0.2) is 14.5 Å². The molecule has 0 saturated heterocycles. The van der Waals surface area contributed by atoms with E-state index >= 15 is 0 Å². The van der Waals surface area contributed by atoms with Gasteiger partial charge in [0, 0.05) is 29.2 Å². The first-order valence-electron chi connectivity index (χ1n) is 9.72. The van der Waals surface area contributed by atoms with E-state index in [1.165, 1.54) is 17.0 Å². The molecule has 0 bridgehead atoms. The van der Waals surface area contributed by atoms with E-state index in [2.05, 4.69) is 38.2 Å². The monoisotopic (exact) mass is 384 g/mol. The molecule has 4 nitrogen and oxygen atoms in total. The molecule has 0 aliphatic carbocycles. The fraction of sp³-hybridized carbons (Fsp3) is 0.125. The minimum absolute atomic E-state index is 0.171. The van der Waals surface area contributed by atoms with Gasteiger partial charge in [0.2, 0.25) is 0 Å². The van der Waals surface area contributed by atoms with Crippen LogP contribution in [0.4, 0.5) is 4.39 Å². The van der Waals surface area contributed by atoms with Crippen LogP contribution in [0, 0.1) is 5.82 Å². The van der Waals surface area contributed by atoms with E-state index in [-0.39, 0.29) is 5.82 Å². The zero-order valence-electron chi connectivity index (χ0n) is 15.9. The summed E-state index contributed by atoms with van der Waals surface area (Å²) in [6, 6.07) is 23.2. The molecule has 0 aliphatic rings. The molecule has 29 heavy (non-hydrogen) atoms. The number of hydrogen-bond donors (Lipinski definition) is 2. The van der Waals surface area contributed by atoms with Crippen molar-refractivity contribution in [2.24, 2.45) is 0 Å². The highest BCUT2D eigenvalue weighted by atomic mass is 19.1. The normalized spacial score (nSPS) is 11.5. The van der Waals surface area contributed by atoms with E-state index in [9.17, 15) is 4.39 Å². The smallest absolute Gasteiger partial charge is 0.128 e. The first-order chi connectivity index (χ1) is 14.3. The van der Waals surface area contributed by atoms with Crippen molar-refractivity contribution in [3.63, 3.8) is 0 Å². The second-order valence-corrected chi connectivity index (χ2v) is 7.19. The van der Waals surface area contributed by atoms with Gasteiger partial charge in [0.25, 0.3) is 0 Å². The van der Waals surface area contributed by atoms with Gasteiger partial charge in [-0.15, -0.1) is 0 Å². The number of aromatic nitrogens is 3. The van der Waals surface area contributed by atoms with Gasteiger partial charge in [-0.05, 0) is 29.8 Å². The standard InChI is InChI=1S/C24H21FN4/c25-20-9-3-1-7-17(20)15-29-16-18(19-8-2-6-12-23(19)29)13-26-14-24-27-21-10-4-5-11-22(21)28-24/h1-12,16,26H,13-15H2,(H,27,28). The zero-order valence-corrected chi connectivity index (χ0v) is 15.9. The first-order valence-corrected chi connectivity index (χ1v) is 9.72. The third-order valence-corrected chi connectivity index (χ3v) is 5.22. The molecule has 2 aromatic heterocycles. The van der Waals surface area contributed by atoms with E-state index in [1.807, 2.05) is 48.5 Å². The van der Waals surface area contributed by atoms with Crippen LogP contribution < -0.4 is 5.32 Å². The van der Waals surface area contributed by atoms with Gasteiger partial charge in [0.15, 0.2) is 0 Å². The number of aromatic amines is 1. The maximum Gasteiger partial charge on any atom is 0.128 e. The highest BCUT2D eigenvalue weighted by Crippen LogP contribution is 2.23. The van der Waals surface area contributed by atoms with Gasteiger partial charge in [-0.25, -0.2) is 9.37 Å². The van der Waals surface area contributed by atoms with Gasteiger partial charge >= 0.3 is 0 Å². The van der Waals surface area contributed by atoms with E-state index in [4.69, 9.17) is 0 Å². The minimum Gasteiger partial charge on any atom is -0.343 e. The molecule has 3 aromatic carbocycles. The number of hydrogen-bond acceptors (Lipinski definition) is 2. The summed E-state index contributed by atoms with van der Waals surface area (Å²) in [6.07, 6.45) is 2.11. The van der Waals surface area contributed by atoms with Crippen LogP contribution in [0.25, 0.3) is 21.9 Å². The molecular weight excluding hydrogens is 363 g/mol. The number of H-pyrrole nitrogens is 1. The first kappa shape index (κ1) is 17.6. The predicted octanol–water partition coefficient (Wildman–Crippen LogP) is 4.99. The van der Waals surface area contributed by atoms with Crippen molar-refractivity contribution in [1.29, 1.82) is 0 Å². The molecule has 2 N–H and O–H groups in total. The summed E-state index contributed by atoms with van der Waals surface area (Å²) in [7, 11) is 0. The Labute approximate surface area is 168 Å². The minimum atomic E-state index is -0.171. The van der Waals surface area contributed by atoms with E-state index < -0.39 is 0 Å². The average molecular weight is 384 g/mol. The van der Waals surface area contributed by atoms with Crippen molar-refractivity contribution in [1.82, 2.24) is 19.9 Å².